The summed E-state index contributed by atoms with van der Waals surface area (Å²) in [5.74, 6) is -0.447. The van der Waals surface area contributed by atoms with Gasteiger partial charge in [-0.3, -0.25) is 4.79 Å². The van der Waals surface area contributed by atoms with Crippen LogP contribution in [0.25, 0.3) is 0 Å². The molecule has 1 amide bonds. The molecule has 2 N–H and O–H groups in total. The lowest BCUT2D eigenvalue weighted by Gasteiger charge is -2.39. The topological polar surface area (TPSA) is 41.1 Å². The van der Waals surface area contributed by atoms with Gasteiger partial charge in [-0.05, 0) is 36.4 Å². The minimum absolute atomic E-state index is 0. The first-order chi connectivity index (χ1) is 9.49. The first kappa shape index (κ1) is 17.9. The minimum Gasteiger partial charge on any atom is -0.354 e. The molecule has 1 unspecified atom stereocenters. The van der Waals surface area contributed by atoms with Crippen molar-refractivity contribution in [2.45, 2.75) is 39.2 Å². The predicted octanol–water partition coefficient (Wildman–Crippen LogP) is 2.68. The van der Waals surface area contributed by atoms with E-state index in [9.17, 15) is 9.18 Å². The highest BCUT2D eigenvalue weighted by molar-refractivity contribution is 5.85. The summed E-state index contributed by atoms with van der Waals surface area (Å²) in [5, 5.41) is 6.37. The van der Waals surface area contributed by atoms with Crippen molar-refractivity contribution in [3.05, 3.63) is 35.6 Å². The zero-order valence-corrected chi connectivity index (χ0v) is 13.4. The number of rotatable bonds is 4. The van der Waals surface area contributed by atoms with E-state index in [-0.39, 0.29) is 42.0 Å². The Morgan fingerprint density at radius 3 is 2.81 bits per heavy atom. The zero-order valence-electron chi connectivity index (χ0n) is 12.6. The monoisotopic (exact) mass is 314 g/mol. The molecule has 3 nitrogen and oxygen atoms in total. The highest BCUT2D eigenvalue weighted by Gasteiger charge is 2.31. The molecule has 1 atom stereocenters. The maximum atomic E-state index is 13.5. The third-order valence-corrected chi connectivity index (χ3v) is 4.14. The van der Waals surface area contributed by atoms with Crippen LogP contribution in [0, 0.1) is 11.2 Å². The van der Waals surface area contributed by atoms with Crippen molar-refractivity contribution in [2.75, 3.05) is 13.1 Å². The molecule has 1 aromatic rings. The van der Waals surface area contributed by atoms with Gasteiger partial charge in [0.2, 0.25) is 5.91 Å². The van der Waals surface area contributed by atoms with E-state index in [1.165, 1.54) is 12.5 Å². The highest BCUT2D eigenvalue weighted by atomic mass is 35.5. The molecule has 0 spiro atoms. The summed E-state index contributed by atoms with van der Waals surface area (Å²) in [6, 6.07) is 6.69. The summed E-state index contributed by atoms with van der Waals surface area (Å²) < 4.78 is 13.5. The molecule has 118 valence electrons. The quantitative estimate of drug-likeness (QED) is 0.897. The number of halogens is 2. The van der Waals surface area contributed by atoms with Crippen molar-refractivity contribution in [3.63, 3.8) is 0 Å². The standard InChI is InChI=1S/C16H23FN2O.ClH/c1-16(2)8-5-9-18-14(16)11-19-15(20)10-12-6-3-4-7-13(12)17;/h3-4,6-7,14,18H,5,8-11H2,1-2H3,(H,19,20);1H. The zero-order chi connectivity index (χ0) is 14.6. The molecule has 2 rings (SSSR count). The largest absolute Gasteiger partial charge is 0.354 e. The molecule has 1 fully saturated rings. The summed E-state index contributed by atoms with van der Waals surface area (Å²) in [7, 11) is 0. The van der Waals surface area contributed by atoms with Gasteiger partial charge in [0.1, 0.15) is 5.82 Å². The number of piperidine rings is 1. The van der Waals surface area contributed by atoms with Crippen LogP contribution in [-0.4, -0.2) is 25.0 Å². The second kappa shape index (κ2) is 7.76. The Bertz CT molecular complexity index is 479. The van der Waals surface area contributed by atoms with Crippen LogP contribution in [0.1, 0.15) is 32.3 Å². The first-order valence-corrected chi connectivity index (χ1v) is 7.22. The second-order valence-electron chi connectivity index (χ2n) is 6.17. The van der Waals surface area contributed by atoms with Crippen molar-refractivity contribution in [1.29, 1.82) is 0 Å². The van der Waals surface area contributed by atoms with Crippen molar-refractivity contribution >= 4 is 18.3 Å². The van der Waals surface area contributed by atoms with Gasteiger partial charge in [-0.25, -0.2) is 4.39 Å². The van der Waals surface area contributed by atoms with Gasteiger partial charge >= 0.3 is 0 Å². The van der Waals surface area contributed by atoms with Crippen LogP contribution in [0.3, 0.4) is 0 Å². The molecular weight excluding hydrogens is 291 g/mol. The van der Waals surface area contributed by atoms with E-state index < -0.39 is 0 Å². The van der Waals surface area contributed by atoms with Crippen molar-refractivity contribution in [3.8, 4) is 0 Å². The summed E-state index contributed by atoms with van der Waals surface area (Å²) >= 11 is 0. The molecule has 0 aliphatic carbocycles. The van der Waals surface area contributed by atoms with Crippen molar-refractivity contribution in [2.24, 2.45) is 5.41 Å². The number of carbonyl (C=O) groups excluding carboxylic acids is 1. The molecule has 1 aliphatic rings. The fourth-order valence-electron chi connectivity index (χ4n) is 2.71. The number of hydrogen-bond donors (Lipinski definition) is 2. The van der Waals surface area contributed by atoms with Crippen LogP contribution in [0.2, 0.25) is 0 Å². The van der Waals surface area contributed by atoms with E-state index in [1.54, 1.807) is 18.2 Å². The van der Waals surface area contributed by atoms with Crippen molar-refractivity contribution in [1.82, 2.24) is 10.6 Å². The fraction of sp³-hybridized carbons (Fsp3) is 0.562. The molecule has 1 aromatic carbocycles. The molecular formula is C16H24ClFN2O. The Kier molecular flexibility index (Phi) is 6.62. The second-order valence-corrected chi connectivity index (χ2v) is 6.17. The van der Waals surface area contributed by atoms with Gasteiger partial charge in [-0.1, -0.05) is 32.0 Å². The number of benzene rings is 1. The van der Waals surface area contributed by atoms with Gasteiger partial charge in [0.25, 0.3) is 0 Å². The average molecular weight is 315 g/mol. The van der Waals surface area contributed by atoms with E-state index in [2.05, 4.69) is 24.5 Å². The lowest BCUT2D eigenvalue weighted by atomic mass is 9.77. The molecule has 0 radical (unpaired) electrons. The summed E-state index contributed by atoms with van der Waals surface area (Å²) in [6.45, 7) is 6.03. The summed E-state index contributed by atoms with van der Waals surface area (Å²) in [5.41, 5.74) is 0.629. The van der Waals surface area contributed by atoms with Gasteiger partial charge in [-0.15, -0.1) is 12.4 Å². The van der Waals surface area contributed by atoms with Crippen LogP contribution >= 0.6 is 12.4 Å². The molecule has 0 saturated carbocycles. The fourth-order valence-corrected chi connectivity index (χ4v) is 2.71. The molecule has 5 heteroatoms. The van der Waals surface area contributed by atoms with Crippen LogP contribution in [0.4, 0.5) is 4.39 Å². The third kappa shape index (κ3) is 4.97. The summed E-state index contributed by atoms with van der Waals surface area (Å²) in [6.07, 6.45) is 2.43. The van der Waals surface area contributed by atoms with Crippen LogP contribution in [0.15, 0.2) is 24.3 Å². The number of carbonyl (C=O) groups is 1. The van der Waals surface area contributed by atoms with E-state index in [0.29, 0.717) is 12.1 Å². The molecule has 1 saturated heterocycles. The normalized spacial score (nSPS) is 20.4. The molecule has 1 aliphatic heterocycles. The Morgan fingerprint density at radius 1 is 1.43 bits per heavy atom. The molecule has 1 heterocycles. The molecule has 0 bridgehead atoms. The maximum Gasteiger partial charge on any atom is 0.224 e. The van der Waals surface area contributed by atoms with E-state index in [4.69, 9.17) is 0 Å². The minimum atomic E-state index is -0.321. The average Bonchev–Trinajstić information content (AvgIpc) is 2.40. The van der Waals surface area contributed by atoms with Gasteiger partial charge in [0.15, 0.2) is 0 Å². The third-order valence-electron chi connectivity index (χ3n) is 4.14. The van der Waals surface area contributed by atoms with Gasteiger partial charge in [-0.2, -0.15) is 0 Å². The van der Waals surface area contributed by atoms with E-state index in [0.717, 1.165) is 13.0 Å². The van der Waals surface area contributed by atoms with Crippen LogP contribution < -0.4 is 10.6 Å². The Labute approximate surface area is 132 Å². The highest BCUT2D eigenvalue weighted by Crippen LogP contribution is 2.29. The van der Waals surface area contributed by atoms with Crippen LogP contribution in [-0.2, 0) is 11.2 Å². The Morgan fingerprint density at radius 2 is 2.14 bits per heavy atom. The number of amides is 1. The number of hydrogen-bond acceptors (Lipinski definition) is 2. The lowest BCUT2D eigenvalue weighted by Crippen LogP contribution is -2.53. The molecule has 21 heavy (non-hydrogen) atoms. The predicted molar refractivity (Wildman–Crippen MR) is 85.2 cm³/mol. The van der Waals surface area contributed by atoms with E-state index in [1.807, 2.05) is 0 Å². The van der Waals surface area contributed by atoms with E-state index >= 15 is 0 Å². The smallest absolute Gasteiger partial charge is 0.224 e. The Balaban J connectivity index is 0.00000220. The maximum absolute atomic E-state index is 13.5. The van der Waals surface area contributed by atoms with Gasteiger partial charge in [0, 0.05) is 12.6 Å². The first-order valence-electron chi connectivity index (χ1n) is 7.22. The van der Waals surface area contributed by atoms with Crippen molar-refractivity contribution < 1.29 is 9.18 Å². The summed E-state index contributed by atoms with van der Waals surface area (Å²) in [4.78, 5) is 11.9. The van der Waals surface area contributed by atoms with Gasteiger partial charge < -0.3 is 10.6 Å². The number of nitrogens with one attached hydrogen (secondary N) is 2. The van der Waals surface area contributed by atoms with Crippen LogP contribution in [0.5, 0.6) is 0 Å². The SMILES string of the molecule is CC1(C)CCCNC1CNC(=O)Cc1ccccc1F.Cl. The lowest BCUT2D eigenvalue weighted by molar-refractivity contribution is -0.120. The van der Waals surface area contributed by atoms with Gasteiger partial charge in [0.05, 0.1) is 6.42 Å². The molecule has 0 aromatic heterocycles. The Hall–Kier alpha value is -1.13.